The number of carbonyl (C=O) groups is 2. The number of ether oxygens (including phenoxy) is 1. The quantitative estimate of drug-likeness (QED) is 0.666. The van der Waals surface area contributed by atoms with Crippen LogP contribution in [0.15, 0.2) is 48.5 Å². The molecule has 1 fully saturated rings. The molecule has 2 heterocycles. The van der Waals surface area contributed by atoms with Crippen LogP contribution < -0.4 is 4.90 Å². The Morgan fingerprint density at radius 2 is 1.89 bits per heavy atom. The summed E-state index contributed by atoms with van der Waals surface area (Å²) in [7, 11) is 0. The maximum absolute atomic E-state index is 12.5. The van der Waals surface area contributed by atoms with Crippen molar-refractivity contribution in [1.82, 2.24) is 9.97 Å². The minimum Gasteiger partial charge on any atom is -0.456 e. The lowest BCUT2D eigenvalue weighted by Crippen LogP contribution is -2.23. The van der Waals surface area contributed by atoms with Crippen molar-refractivity contribution >= 4 is 28.6 Å². The lowest BCUT2D eigenvalue weighted by molar-refractivity contribution is -0.117. The molecule has 0 unspecified atom stereocenters. The molecule has 0 aliphatic carbocycles. The van der Waals surface area contributed by atoms with Crippen LogP contribution in [0.25, 0.3) is 11.0 Å². The molecular weight excluding hydrogens is 342 g/mol. The molecule has 1 aromatic heterocycles. The monoisotopic (exact) mass is 361 g/mol. The van der Waals surface area contributed by atoms with Crippen LogP contribution in [0.1, 0.15) is 34.6 Å². The minimum absolute atomic E-state index is 0.0510. The number of esters is 1. The van der Waals surface area contributed by atoms with E-state index in [0.29, 0.717) is 24.2 Å². The van der Waals surface area contributed by atoms with Gasteiger partial charge in [0.05, 0.1) is 28.0 Å². The first-order valence-corrected chi connectivity index (χ1v) is 8.91. The van der Waals surface area contributed by atoms with E-state index in [-0.39, 0.29) is 12.5 Å². The Kier molecular flexibility index (Phi) is 4.54. The number of hydrogen-bond donors (Lipinski definition) is 0. The molecule has 0 radical (unpaired) electrons. The first kappa shape index (κ1) is 17.1. The highest BCUT2D eigenvalue weighted by Crippen LogP contribution is 2.23. The van der Waals surface area contributed by atoms with E-state index in [1.165, 1.54) is 0 Å². The zero-order valence-electron chi connectivity index (χ0n) is 15.0. The third kappa shape index (κ3) is 3.51. The third-order valence-corrected chi connectivity index (χ3v) is 4.65. The number of hydrogen-bond acceptors (Lipinski definition) is 5. The zero-order valence-corrected chi connectivity index (χ0v) is 15.0. The van der Waals surface area contributed by atoms with Gasteiger partial charge in [0, 0.05) is 18.7 Å². The second kappa shape index (κ2) is 7.15. The van der Waals surface area contributed by atoms with Crippen LogP contribution in [0.4, 0.5) is 5.69 Å². The van der Waals surface area contributed by atoms with E-state index in [4.69, 9.17) is 4.74 Å². The van der Waals surface area contributed by atoms with E-state index < -0.39 is 5.97 Å². The number of rotatable bonds is 4. The Morgan fingerprint density at radius 1 is 1.11 bits per heavy atom. The second-order valence-electron chi connectivity index (χ2n) is 6.52. The third-order valence-electron chi connectivity index (χ3n) is 4.65. The van der Waals surface area contributed by atoms with Gasteiger partial charge in [0.15, 0.2) is 0 Å². The molecule has 0 bridgehead atoms. The number of anilines is 1. The Labute approximate surface area is 156 Å². The zero-order chi connectivity index (χ0) is 18.8. The van der Waals surface area contributed by atoms with Crippen molar-refractivity contribution in [3.8, 4) is 0 Å². The van der Waals surface area contributed by atoms with Crippen LogP contribution in [0.2, 0.25) is 0 Å². The molecule has 0 saturated carbocycles. The fourth-order valence-corrected chi connectivity index (χ4v) is 3.20. The minimum atomic E-state index is -0.446. The number of para-hydroxylation sites is 2. The molecule has 4 rings (SSSR count). The predicted molar refractivity (Wildman–Crippen MR) is 101 cm³/mol. The molecule has 2 aromatic carbocycles. The number of aryl methyl sites for hydroxylation is 1. The standard InChI is InChI=1S/C21H19N3O3/c1-14-19(23-18-9-3-2-8-17(18)22-14)13-27-21(26)15-6-4-7-16(12-15)24-11-5-10-20(24)25/h2-4,6-9,12H,5,10-11,13H2,1H3. The number of nitrogens with zero attached hydrogens (tertiary/aromatic N) is 3. The van der Waals surface area contributed by atoms with Crippen LogP contribution in [-0.2, 0) is 16.1 Å². The normalized spacial score (nSPS) is 14.0. The van der Waals surface area contributed by atoms with E-state index in [2.05, 4.69) is 9.97 Å². The molecule has 1 aliphatic heterocycles. The number of aromatic nitrogens is 2. The van der Waals surface area contributed by atoms with Gasteiger partial charge in [-0.3, -0.25) is 4.79 Å². The highest BCUT2D eigenvalue weighted by Gasteiger charge is 2.22. The van der Waals surface area contributed by atoms with Gasteiger partial charge in [0.2, 0.25) is 5.91 Å². The van der Waals surface area contributed by atoms with Gasteiger partial charge in [0.25, 0.3) is 0 Å². The summed E-state index contributed by atoms with van der Waals surface area (Å²) in [6, 6.07) is 14.6. The average molecular weight is 361 g/mol. The molecule has 6 heteroatoms. The molecule has 136 valence electrons. The van der Waals surface area contributed by atoms with Crippen LogP contribution in [-0.4, -0.2) is 28.4 Å². The molecule has 0 N–H and O–H groups in total. The molecule has 27 heavy (non-hydrogen) atoms. The average Bonchev–Trinajstić information content (AvgIpc) is 3.12. The van der Waals surface area contributed by atoms with Gasteiger partial charge in [-0.2, -0.15) is 0 Å². The van der Waals surface area contributed by atoms with Crippen molar-refractivity contribution < 1.29 is 14.3 Å². The van der Waals surface area contributed by atoms with Crippen molar-refractivity contribution in [3.63, 3.8) is 0 Å². The summed E-state index contributed by atoms with van der Waals surface area (Å²) in [5, 5.41) is 0. The first-order chi connectivity index (χ1) is 13.1. The summed E-state index contributed by atoms with van der Waals surface area (Å²) < 4.78 is 5.44. The molecule has 1 saturated heterocycles. The van der Waals surface area contributed by atoms with Crippen LogP contribution in [0.5, 0.6) is 0 Å². The Balaban J connectivity index is 1.50. The van der Waals surface area contributed by atoms with Crippen LogP contribution >= 0.6 is 0 Å². The molecular formula is C21H19N3O3. The molecule has 3 aromatic rings. The SMILES string of the molecule is Cc1nc2ccccc2nc1COC(=O)c1cccc(N2CCCC2=O)c1. The number of benzene rings is 2. The van der Waals surface area contributed by atoms with E-state index in [1.54, 1.807) is 23.1 Å². The highest BCUT2D eigenvalue weighted by atomic mass is 16.5. The van der Waals surface area contributed by atoms with Crippen molar-refractivity contribution in [2.45, 2.75) is 26.4 Å². The van der Waals surface area contributed by atoms with Crippen molar-refractivity contribution in [3.05, 3.63) is 65.5 Å². The van der Waals surface area contributed by atoms with Crippen molar-refractivity contribution in [2.24, 2.45) is 0 Å². The lowest BCUT2D eigenvalue weighted by atomic mass is 10.2. The highest BCUT2D eigenvalue weighted by molar-refractivity contribution is 5.97. The van der Waals surface area contributed by atoms with Crippen molar-refractivity contribution in [1.29, 1.82) is 0 Å². The molecule has 1 amide bonds. The fraction of sp³-hybridized carbons (Fsp3) is 0.238. The summed E-state index contributed by atoms with van der Waals surface area (Å²) >= 11 is 0. The summed E-state index contributed by atoms with van der Waals surface area (Å²) in [5.41, 5.74) is 4.09. The summed E-state index contributed by atoms with van der Waals surface area (Å²) in [6.45, 7) is 2.58. The predicted octanol–water partition coefficient (Wildman–Crippen LogP) is 3.42. The van der Waals surface area contributed by atoms with Gasteiger partial charge >= 0.3 is 5.97 Å². The largest absolute Gasteiger partial charge is 0.456 e. The van der Waals surface area contributed by atoms with E-state index in [9.17, 15) is 9.59 Å². The smallest absolute Gasteiger partial charge is 0.338 e. The fourth-order valence-electron chi connectivity index (χ4n) is 3.20. The van der Waals surface area contributed by atoms with Crippen LogP contribution in [0, 0.1) is 6.92 Å². The topological polar surface area (TPSA) is 72.4 Å². The Bertz CT molecular complexity index is 1030. The molecule has 1 aliphatic rings. The molecule has 0 atom stereocenters. The van der Waals surface area contributed by atoms with Crippen molar-refractivity contribution in [2.75, 3.05) is 11.4 Å². The van der Waals surface area contributed by atoms with E-state index in [0.717, 1.165) is 28.8 Å². The number of amides is 1. The Morgan fingerprint density at radius 3 is 2.63 bits per heavy atom. The maximum atomic E-state index is 12.5. The number of carbonyl (C=O) groups excluding carboxylic acids is 2. The Hall–Kier alpha value is -3.28. The maximum Gasteiger partial charge on any atom is 0.338 e. The van der Waals surface area contributed by atoms with E-state index in [1.807, 2.05) is 37.3 Å². The van der Waals surface area contributed by atoms with Gasteiger partial charge in [-0.1, -0.05) is 18.2 Å². The molecule has 6 nitrogen and oxygen atoms in total. The number of fused-ring (bicyclic) bond motifs is 1. The van der Waals surface area contributed by atoms with Gasteiger partial charge in [-0.05, 0) is 43.7 Å². The first-order valence-electron chi connectivity index (χ1n) is 8.91. The molecule has 0 spiro atoms. The summed E-state index contributed by atoms with van der Waals surface area (Å²) in [4.78, 5) is 35.1. The lowest BCUT2D eigenvalue weighted by Gasteiger charge is -2.16. The van der Waals surface area contributed by atoms with Gasteiger partial charge in [-0.15, -0.1) is 0 Å². The van der Waals surface area contributed by atoms with Crippen LogP contribution in [0.3, 0.4) is 0 Å². The summed E-state index contributed by atoms with van der Waals surface area (Å²) in [6.07, 6.45) is 1.39. The van der Waals surface area contributed by atoms with Gasteiger partial charge < -0.3 is 9.64 Å². The second-order valence-corrected chi connectivity index (χ2v) is 6.52. The summed E-state index contributed by atoms with van der Waals surface area (Å²) in [5.74, 6) is -0.361. The van der Waals surface area contributed by atoms with Gasteiger partial charge in [-0.25, -0.2) is 14.8 Å². The van der Waals surface area contributed by atoms with Gasteiger partial charge in [0.1, 0.15) is 6.61 Å². The van der Waals surface area contributed by atoms with E-state index >= 15 is 0 Å².